The number of carbonyl (C=O) groups excluding carboxylic acids is 1. The minimum absolute atomic E-state index is 0.147. The molecule has 2 aromatic rings. The summed E-state index contributed by atoms with van der Waals surface area (Å²) in [6.07, 6.45) is 0. The highest BCUT2D eigenvalue weighted by Gasteiger charge is 2.11. The van der Waals surface area contributed by atoms with Gasteiger partial charge in [0.1, 0.15) is 0 Å². The van der Waals surface area contributed by atoms with E-state index >= 15 is 0 Å². The van der Waals surface area contributed by atoms with Crippen molar-refractivity contribution in [3.8, 4) is 0 Å². The molecule has 0 spiro atoms. The number of aryl methyl sites for hydroxylation is 2. The third kappa shape index (κ3) is 3.48. The van der Waals surface area contributed by atoms with E-state index < -0.39 is 5.97 Å². The molecular formula is C17H17NO3. The molecule has 2 N–H and O–H groups in total. The first-order chi connectivity index (χ1) is 9.99. The Bertz CT molecular complexity index is 672. The van der Waals surface area contributed by atoms with Gasteiger partial charge in [0.2, 0.25) is 0 Å². The molecule has 0 radical (unpaired) electrons. The molecule has 0 aliphatic heterocycles. The predicted octanol–water partition coefficient (Wildman–Crippen LogP) is 2.93. The topological polar surface area (TPSA) is 66.4 Å². The third-order valence-corrected chi connectivity index (χ3v) is 3.34. The molecule has 0 saturated heterocycles. The number of aromatic carboxylic acids is 1. The van der Waals surface area contributed by atoms with Gasteiger partial charge in [-0.25, -0.2) is 4.79 Å². The Morgan fingerprint density at radius 1 is 1.05 bits per heavy atom. The lowest BCUT2D eigenvalue weighted by Gasteiger charge is -2.10. The highest BCUT2D eigenvalue weighted by Crippen LogP contribution is 2.13. The van der Waals surface area contributed by atoms with Gasteiger partial charge in [-0.3, -0.25) is 4.79 Å². The molecule has 2 rings (SSSR count). The smallest absolute Gasteiger partial charge is 0.335 e. The van der Waals surface area contributed by atoms with Crippen LogP contribution in [0.1, 0.15) is 37.4 Å². The fourth-order valence-electron chi connectivity index (χ4n) is 2.26. The van der Waals surface area contributed by atoms with E-state index in [1.165, 1.54) is 6.07 Å². The minimum atomic E-state index is -0.974. The Balaban J connectivity index is 2.11. The van der Waals surface area contributed by atoms with Crippen LogP contribution < -0.4 is 5.32 Å². The monoisotopic (exact) mass is 283 g/mol. The van der Waals surface area contributed by atoms with E-state index in [2.05, 4.69) is 5.32 Å². The lowest BCUT2D eigenvalue weighted by Crippen LogP contribution is -2.24. The van der Waals surface area contributed by atoms with Crippen molar-refractivity contribution in [2.24, 2.45) is 0 Å². The van der Waals surface area contributed by atoms with E-state index in [1.54, 1.807) is 18.2 Å². The average Bonchev–Trinajstić information content (AvgIpc) is 2.45. The van der Waals surface area contributed by atoms with Crippen molar-refractivity contribution in [3.05, 3.63) is 70.3 Å². The van der Waals surface area contributed by atoms with Gasteiger partial charge in [-0.15, -0.1) is 0 Å². The Morgan fingerprint density at radius 3 is 2.29 bits per heavy atom. The minimum Gasteiger partial charge on any atom is -0.478 e. The second-order valence-electron chi connectivity index (χ2n) is 4.96. The summed E-state index contributed by atoms with van der Waals surface area (Å²) in [6.45, 7) is 4.09. The number of hydrogen-bond donors (Lipinski definition) is 2. The van der Waals surface area contributed by atoms with E-state index in [4.69, 9.17) is 5.11 Å². The summed E-state index contributed by atoms with van der Waals surface area (Å²) in [5.74, 6) is -1.12. The van der Waals surface area contributed by atoms with Crippen molar-refractivity contribution in [3.63, 3.8) is 0 Å². The zero-order chi connectivity index (χ0) is 15.4. The first kappa shape index (κ1) is 14.8. The SMILES string of the molecule is Cc1cccc(C)c1C(=O)NCc1cccc(C(=O)O)c1. The van der Waals surface area contributed by atoms with Gasteiger partial charge in [-0.1, -0.05) is 30.3 Å². The van der Waals surface area contributed by atoms with E-state index in [1.807, 2.05) is 32.0 Å². The molecule has 0 saturated carbocycles. The van der Waals surface area contributed by atoms with Gasteiger partial charge in [0, 0.05) is 12.1 Å². The average molecular weight is 283 g/mol. The largest absolute Gasteiger partial charge is 0.478 e. The van der Waals surface area contributed by atoms with Gasteiger partial charge >= 0.3 is 5.97 Å². The summed E-state index contributed by atoms with van der Waals surface area (Å²) in [7, 11) is 0. The zero-order valence-corrected chi connectivity index (χ0v) is 12.0. The number of carbonyl (C=O) groups is 2. The summed E-state index contributed by atoms with van der Waals surface area (Å²) in [6, 6.07) is 12.3. The van der Waals surface area contributed by atoms with Gasteiger partial charge in [0.15, 0.2) is 0 Å². The van der Waals surface area contributed by atoms with E-state index in [9.17, 15) is 9.59 Å². The van der Waals surface area contributed by atoms with Gasteiger partial charge in [0.05, 0.1) is 5.56 Å². The van der Waals surface area contributed by atoms with Crippen molar-refractivity contribution in [2.75, 3.05) is 0 Å². The van der Waals surface area contributed by atoms with Crippen molar-refractivity contribution in [1.82, 2.24) is 5.32 Å². The van der Waals surface area contributed by atoms with Crippen LogP contribution in [-0.4, -0.2) is 17.0 Å². The maximum atomic E-state index is 12.3. The van der Waals surface area contributed by atoms with Crippen LogP contribution in [-0.2, 0) is 6.54 Å². The van der Waals surface area contributed by atoms with Gasteiger partial charge < -0.3 is 10.4 Å². The molecular weight excluding hydrogens is 266 g/mol. The van der Waals surface area contributed by atoms with Gasteiger partial charge in [0.25, 0.3) is 5.91 Å². The molecule has 4 heteroatoms. The maximum absolute atomic E-state index is 12.3. The standard InChI is InChI=1S/C17H17NO3/c1-11-5-3-6-12(2)15(11)16(19)18-10-13-7-4-8-14(9-13)17(20)21/h3-9H,10H2,1-2H3,(H,18,19)(H,20,21). The number of hydrogen-bond acceptors (Lipinski definition) is 2. The van der Waals surface area contributed by atoms with Gasteiger partial charge in [-0.2, -0.15) is 0 Å². The first-order valence-corrected chi connectivity index (χ1v) is 6.65. The highest BCUT2D eigenvalue weighted by molar-refractivity contribution is 5.97. The molecule has 0 unspecified atom stereocenters. The van der Waals surface area contributed by atoms with E-state index in [-0.39, 0.29) is 11.5 Å². The number of carboxylic acids is 1. The van der Waals surface area contributed by atoms with Crippen LogP contribution in [0.3, 0.4) is 0 Å². The number of benzene rings is 2. The molecule has 0 atom stereocenters. The van der Waals surface area contributed by atoms with Crippen LogP contribution in [0.2, 0.25) is 0 Å². The second-order valence-corrected chi connectivity index (χ2v) is 4.96. The Labute approximate surface area is 123 Å². The summed E-state index contributed by atoms with van der Waals surface area (Å²) in [5.41, 5.74) is 3.49. The normalized spacial score (nSPS) is 10.2. The quantitative estimate of drug-likeness (QED) is 0.906. The maximum Gasteiger partial charge on any atom is 0.335 e. The van der Waals surface area contributed by atoms with Crippen LogP contribution in [0, 0.1) is 13.8 Å². The Hall–Kier alpha value is -2.62. The molecule has 0 aliphatic rings. The Kier molecular flexibility index (Phi) is 4.38. The van der Waals surface area contributed by atoms with Gasteiger partial charge in [-0.05, 0) is 42.7 Å². The predicted molar refractivity (Wildman–Crippen MR) is 80.5 cm³/mol. The summed E-state index contributed by atoms with van der Waals surface area (Å²) >= 11 is 0. The molecule has 21 heavy (non-hydrogen) atoms. The molecule has 108 valence electrons. The van der Waals surface area contributed by atoms with E-state index in [0.29, 0.717) is 12.1 Å². The van der Waals surface area contributed by atoms with Crippen LogP contribution in [0.15, 0.2) is 42.5 Å². The van der Waals surface area contributed by atoms with Crippen LogP contribution in [0.5, 0.6) is 0 Å². The molecule has 0 heterocycles. The molecule has 2 aromatic carbocycles. The fourth-order valence-corrected chi connectivity index (χ4v) is 2.26. The first-order valence-electron chi connectivity index (χ1n) is 6.65. The highest BCUT2D eigenvalue weighted by atomic mass is 16.4. The van der Waals surface area contributed by atoms with Crippen LogP contribution in [0.4, 0.5) is 0 Å². The lowest BCUT2D eigenvalue weighted by molar-refractivity contribution is 0.0696. The Morgan fingerprint density at radius 2 is 1.67 bits per heavy atom. The second kappa shape index (κ2) is 6.22. The molecule has 0 bridgehead atoms. The number of carboxylic acid groups (broad SMARTS) is 1. The number of rotatable bonds is 4. The van der Waals surface area contributed by atoms with Crippen molar-refractivity contribution >= 4 is 11.9 Å². The third-order valence-electron chi connectivity index (χ3n) is 3.34. The number of amides is 1. The summed E-state index contributed by atoms with van der Waals surface area (Å²) in [4.78, 5) is 23.2. The van der Waals surface area contributed by atoms with Crippen molar-refractivity contribution in [2.45, 2.75) is 20.4 Å². The molecule has 0 aliphatic carbocycles. The van der Waals surface area contributed by atoms with E-state index in [0.717, 1.165) is 16.7 Å². The molecule has 0 aromatic heterocycles. The zero-order valence-electron chi connectivity index (χ0n) is 12.0. The molecule has 1 amide bonds. The molecule has 4 nitrogen and oxygen atoms in total. The summed E-state index contributed by atoms with van der Waals surface area (Å²) < 4.78 is 0. The lowest BCUT2D eigenvalue weighted by atomic mass is 10.0. The fraction of sp³-hybridized carbons (Fsp3) is 0.176. The summed E-state index contributed by atoms with van der Waals surface area (Å²) in [5, 5.41) is 11.8. The van der Waals surface area contributed by atoms with Crippen molar-refractivity contribution < 1.29 is 14.7 Å². The van der Waals surface area contributed by atoms with Crippen molar-refractivity contribution in [1.29, 1.82) is 0 Å². The number of nitrogens with one attached hydrogen (secondary N) is 1. The van der Waals surface area contributed by atoms with Crippen LogP contribution in [0.25, 0.3) is 0 Å². The molecule has 0 fully saturated rings. The van der Waals surface area contributed by atoms with Crippen LogP contribution >= 0.6 is 0 Å².